The monoisotopic (exact) mass is 261 g/mol. The molecule has 19 heavy (non-hydrogen) atoms. The second-order valence-corrected chi connectivity index (χ2v) is 5.13. The third-order valence-electron chi connectivity index (χ3n) is 3.54. The predicted octanol–water partition coefficient (Wildman–Crippen LogP) is 2.40. The normalized spacial score (nSPS) is 14.2. The summed E-state index contributed by atoms with van der Waals surface area (Å²) in [7, 11) is 1.66. The minimum atomic E-state index is -0.0443. The van der Waals surface area contributed by atoms with Crippen LogP contribution >= 0.6 is 0 Å². The third-order valence-corrected chi connectivity index (χ3v) is 3.54. The van der Waals surface area contributed by atoms with Gasteiger partial charge in [0.1, 0.15) is 0 Å². The average molecular weight is 261 g/mol. The number of nitrogens with one attached hydrogen (secondary N) is 1. The zero-order chi connectivity index (χ0) is 13.8. The summed E-state index contributed by atoms with van der Waals surface area (Å²) in [6, 6.07) is 6.12. The first-order valence-electron chi connectivity index (χ1n) is 7.05. The van der Waals surface area contributed by atoms with Crippen molar-refractivity contribution in [2.75, 3.05) is 24.2 Å². The van der Waals surface area contributed by atoms with Gasteiger partial charge in [0.2, 0.25) is 0 Å². The van der Waals surface area contributed by atoms with E-state index >= 15 is 0 Å². The van der Waals surface area contributed by atoms with Crippen molar-refractivity contribution in [3.8, 4) is 0 Å². The first kappa shape index (κ1) is 13.7. The molecule has 0 radical (unpaired) electrons. The Kier molecular flexibility index (Phi) is 4.30. The van der Waals surface area contributed by atoms with Crippen LogP contribution in [-0.2, 0) is 0 Å². The molecule has 0 atom stereocenters. The van der Waals surface area contributed by atoms with Gasteiger partial charge in [-0.25, -0.2) is 0 Å². The largest absolute Gasteiger partial charge is 0.399 e. The molecule has 0 unspecified atom stereocenters. The number of nitrogens with zero attached hydrogens (tertiary/aromatic N) is 1. The summed E-state index contributed by atoms with van der Waals surface area (Å²) in [6.07, 6.45) is 4.72. The fourth-order valence-corrected chi connectivity index (χ4v) is 2.33. The first-order chi connectivity index (χ1) is 9.17. The smallest absolute Gasteiger partial charge is 0.253 e. The molecule has 1 aromatic carbocycles. The minimum Gasteiger partial charge on any atom is -0.399 e. The van der Waals surface area contributed by atoms with Gasteiger partial charge in [0, 0.05) is 25.3 Å². The number of nitrogens with two attached hydrogens (primary N) is 1. The number of hydrogen-bond acceptors (Lipinski definition) is 3. The molecule has 1 aliphatic carbocycles. The molecule has 104 valence electrons. The van der Waals surface area contributed by atoms with E-state index < -0.39 is 0 Å². The Labute approximate surface area is 115 Å². The van der Waals surface area contributed by atoms with Gasteiger partial charge in [0.15, 0.2) is 0 Å². The van der Waals surface area contributed by atoms with E-state index in [4.69, 9.17) is 5.73 Å². The molecule has 1 fully saturated rings. The number of carbonyl (C=O) groups excluding carboxylic acids is 1. The number of amides is 1. The molecule has 4 nitrogen and oxygen atoms in total. The number of rotatable bonds is 6. The zero-order valence-corrected chi connectivity index (χ0v) is 11.8. The number of hydrogen-bond donors (Lipinski definition) is 2. The van der Waals surface area contributed by atoms with Gasteiger partial charge in [0.25, 0.3) is 5.91 Å². The molecule has 3 N–H and O–H groups in total. The van der Waals surface area contributed by atoms with Gasteiger partial charge in [-0.1, -0.05) is 13.3 Å². The standard InChI is InChI=1S/C15H23N3O/c1-3-4-9-18(12-6-7-12)14-10-11(16)5-8-13(14)15(19)17-2/h5,8,10,12H,3-4,6-7,9,16H2,1-2H3,(H,17,19). The zero-order valence-electron chi connectivity index (χ0n) is 11.8. The van der Waals surface area contributed by atoms with E-state index in [1.165, 1.54) is 12.8 Å². The lowest BCUT2D eigenvalue weighted by atomic mass is 10.1. The van der Waals surface area contributed by atoms with E-state index in [0.717, 1.165) is 30.6 Å². The number of unbranched alkanes of at least 4 members (excludes halogenated alkanes) is 1. The predicted molar refractivity (Wildman–Crippen MR) is 79.5 cm³/mol. The van der Waals surface area contributed by atoms with Crippen LogP contribution in [0.25, 0.3) is 0 Å². The molecule has 0 heterocycles. The van der Waals surface area contributed by atoms with Crippen LogP contribution in [0, 0.1) is 0 Å². The molecule has 4 heteroatoms. The third kappa shape index (κ3) is 3.19. The van der Waals surface area contributed by atoms with Gasteiger partial charge in [-0.15, -0.1) is 0 Å². The Morgan fingerprint density at radius 2 is 2.21 bits per heavy atom. The minimum absolute atomic E-state index is 0.0443. The maximum Gasteiger partial charge on any atom is 0.253 e. The first-order valence-corrected chi connectivity index (χ1v) is 7.05. The molecule has 1 aliphatic rings. The number of benzene rings is 1. The second kappa shape index (κ2) is 5.95. The van der Waals surface area contributed by atoms with Crippen molar-refractivity contribution in [3.05, 3.63) is 23.8 Å². The molecule has 0 saturated heterocycles. The molecule has 0 bridgehead atoms. The summed E-state index contributed by atoms with van der Waals surface area (Å²) >= 11 is 0. The highest BCUT2D eigenvalue weighted by Crippen LogP contribution is 2.35. The second-order valence-electron chi connectivity index (χ2n) is 5.13. The van der Waals surface area contributed by atoms with Gasteiger partial charge < -0.3 is 16.0 Å². The van der Waals surface area contributed by atoms with Crippen LogP contribution in [0.5, 0.6) is 0 Å². The fraction of sp³-hybridized carbons (Fsp3) is 0.533. The van der Waals surface area contributed by atoms with Crippen molar-refractivity contribution in [2.24, 2.45) is 0 Å². The van der Waals surface area contributed by atoms with Crippen molar-refractivity contribution in [1.29, 1.82) is 0 Å². The molecular formula is C15H23N3O. The number of anilines is 2. The Morgan fingerprint density at radius 3 is 2.79 bits per heavy atom. The molecule has 1 amide bonds. The highest BCUT2D eigenvalue weighted by Gasteiger charge is 2.31. The average Bonchev–Trinajstić information content (AvgIpc) is 3.23. The van der Waals surface area contributed by atoms with Crippen LogP contribution in [-0.4, -0.2) is 25.5 Å². The van der Waals surface area contributed by atoms with E-state index in [2.05, 4.69) is 17.1 Å². The van der Waals surface area contributed by atoms with Crippen molar-refractivity contribution in [1.82, 2.24) is 5.32 Å². The highest BCUT2D eigenvalue weighted by molar-refractivity contribution is 6.00. The topological polar surface area (TPSA) is 58.4 Å². The van der Waals surface area contributed by atoms with E-state index in [1.54, 1.807) is 13.1 Å². The van der Waals surface area contributed by atoms with Crippen LogP contribution in [0.2, 0.25) is 0 Å². The van der Waals surface area contributed by atoms with Crippen molar-refractivity contribution in [2.45, 2.75) is 38.6 Å². The van der Waals surface area contributed by atoms with Crippen LogP contribution in [0.4, 0.5) is 11.4 Å². The maximum atomic E-state index is 12.0. The summed E-state index contributed by atoms with van der Waals surface area (Å²) < 4.78 is 0. The molecule has 0 spiro atoms. The van der Waals surface area contributed by atoms with Crippen LogP contribution in [0.3, 0.4) is 0 Å². The Bertz CT molecular complexity index is 455. The van der Waals surface area contributed by atoms with Crippen LogP contribution in [0.15, 0.2) is 18.2 Å². The van der Waals surface area contributed by atoms with Crippen LogP contribution < -0.4 is 16.0 Å². The van der Waals surface area contributed by atoms with E-state index in [1.807, 2.05) is 12.1 Å². The number of nitrogen functional groups attached to an aromatic ring is 1. The van der Waals surface area contributed by atoms with E-state index in [-0.39, 0.29) is 5.91 Å². The lowest BCUT2D eigenvalue weighted by molar-refractivity contribution is 0.0963. The van der Waals surface area contributed by atoms with E-state index in [9.17, 15) is 4.79 Å². The number of carbonyl (C=O) groups is 1. The van der Waals surface area contributed by atoms with Gasteiger partial charge >= 0.3 is 0 Å². The SMILES string of the molecule is CCCCN(c1cc(N)ccc1C(=O)NC)C1CC1. The Morgan fingerprint density at radius 1 is 1.47 bits per heavy atom. The molecule has 0 aliphatic heterocycles. The molecule has 1 aromatic rings. The van der Waals surface area contributed by atoms with Crippen molar-refractivity contribution >= 4 is 17.3 Å². The van der Waals surface area contributed by atoms with E-state index in [0.29, 0.717) is 11.7 Å². The summed E-state index contributed by atoms with van der Waals surface area (Å²) in [5.41, 5.74) is 8.31. The molecule has 0 aromatic heterocycles. The summed E-state index contributed by atoms with van der Waals surface area (Å²) in [6.45, 7) is 3.18. The van der Waals surface area contributed by atoms with Crippen molar-refractivity contribution in [3.63, 3.8) is 0 Å². The maximum absolute atomic E-state index is 12.0. The van der Waals surface area contributed by atoms with Gasteiger partial charge in [-0.3, -0.25) is 4.79 Å². The van der Waals surface area contributed by atoms with Gasteiger partial charge in [-0.05, 0) is 37.5 Å². The molecule has 2 rings (SSSR count). The lowest BCUT2D eigenvalue weighted by Gasteiger charge is -2.27. The fourth-order valence-electron chi connectivity index (χ4n) is 2.33. The summed E-state index contributed by atoms with van der Waals surface area (Å²) in [4.78, 5) is 14.3. The highest BCUT2D eigenvalue weighted by atomic mass is 16.1. The molecular weight excluding hydrogens is 238 g/mol. The van der Waals surface area contributed by atoms with Crippen LogP contribution in [0.1, 0.15) is 43.0 Å². The molecule has 1 saturated carbocycles. The Hall–Kier alpha value is -1.71. The lowest BCUT2D eigenvalue weighted by Crippen LogP contribution is -2.30. The summed E-state index contributed by atoms with van der Waals surface area (Å²) in [5, 5.41) is 2.71. The Balaban J connectivity index is 2.33. The van der Waals surface area contributed by atoms with Crippen molar-refractivity contribution < 1.29 is 4.79 Å². The summed E-state index contributed by atoms with van der Waals surface area (Å²) in [5.74, 6) is -0.0443. The quantitative estimate of drug-likeness (QED) is 0.773. The van der Waals surface area contributed by atoms with Gasteiger partial charge in [0.05, 0.1) is 11.3 Å². The van der Waals surface area contributed by atoms with Gasteiger partial charge in [-0.2, -0.15) is 0 Å².